The second-order valence-corrected chi connectivity index (χ2v) is 6.74. The summed E-state index contributed by atoms with van der Waals surface area (Å²) in [5.74, 6) is -3.20. The summed E-state index contributed by atoms with van der Waals surface area (Å²) < 4.78 is 0. The fourth-order valence-corrected chi connectivity index (χ4v) is 2.89. The Kier molecular flexibility index (Phi) is 10.6. The van der Waals surface area contributed by atoms with Crippen LogP contribution in [0, 0.1) is 0 Å². The molecule has 0 aromatic heterocycles. The molecule has 0 aliphatic carbocycles. The average Bonchev–Trinajstić information content (AvgIpc) is 3.18. The van der Waals surface area contributed by atoms with Crippen LogP contribution in [0.5, 0.6) is 0 Å². The van der Waals surface area contributed by atoms with E-state index < -0.39 is 48.2 Å². The molecule has 29 heavy (non-hydrogen) atoms. The molecule has 0 saturated carbocycles. The van der Waals surface area contributed by atoms with E-state index in [-0.39, 0.29) is 13.1 Å². The Labute approximate surface area is 168 Å². The largest absolute Gasteiger partial charge is 0.480 e. The van der Waals surface area contributed by atoms with Crippen molar-refractivity contribution < 1.29 is 29.1 Å². The molecule has 4 amide bonds. The van der Waals surface area contributed by atoms with Crippen LogP contribution in [0.3, 0.4) is 0 Å². The first kappa shape index (κ1) is 24.3. The zero-order chi connectivity index (χ0) is 21.8. The predicted octanol–water partition coefficient (Wildman–Crippen LogP) is -3.13. The van der Waals surface area contributed by atoms with E-state index in [4.69, 9.17) is 16.6 Å². The lowest BCUT2D eigenvalue weighted by atomic mass is 10.1. The van der Waals surface area contributed by atoms with Gasteiger partial charge < -0.3 is 37.4 Å². The van der Waals surface area contributed by atoms with Crippen molar-refractivity contribution in [3.05, 3.63) is 0 Å². The highest BCUT2D eigenvalue weighted by molar-refractivity contribution is 5.92. The van der Waals surface area contributed by atoms with Gasteiger partial charge in [-0.1, -0.05) is 6.42 Å². The molecule has 1 rings (SSSR count). The highest BCUT2D eigenvalue weighted by atomic mass is 16.4. The maximum absolute atomic E-state index is 12.3. The molecule has 1 aliphatic rings. The number of nitrogens with two attached hydrogens (primary N) is 2. The average molecular weight is 414 g/mol. The third-order valence-corrected chi connectivity index (χ3v) is 4.46. The van der Waals surface area contributed by atoms with Gasteiger partial charge in [0.25, 0.3) is 0 Å². The van der Waals surface area contributed by atoms with Crippen LogP contribution in [0.15, 0.2) is 0 Å². The summed E-state index contributed by atoms with van der Waals surface area (Å²) in [7, 11) is 0. The van der Waals surface area contributed by atoms with Gasteiger partial charge in [-0.25, -0.2) is 0 Å². The third-order valence-electron chi connectivity index (χ3n) is 4.46. The third kappa shape index (κ3) is 8.87. The molecule has 1 aliphatic heterocycles. The Morgan fingerprint density at radius 2 is 1.76 bits per heavy atom. The number of hydrogen-bond acceptors (Lipinski definition) is 7. The van der Waals surface area contributed by atoms with Gasteiger partial charge in [-0.15, -0.1) is 0 Å². The number of nitrogens with one attached hydrogen (secondary N) is 3. The zero-order valence-corrected chi connectivity index (χ0v) is 16.3. The van der Waals surface area contributed by atoms with Crippen molar-refractivity contribution in [2.75, 3.05) is 32.7 Å². The van der Waals surface area contributed by atoms with Crippen LogP contribution in [-0.4, -0.2) is 84.4 Å². The van der Waals surface area contributed by atoms with E-state index in [2.05, 4.69) is 16.0 Å². The molecule has 12 nitrogen and oxygen atoms in total. The highest BCUT2D eigenvalue weighted by Crippen LogP contribution is 2.17. The summed E-state index contributed by atoms with van der Waals surface area (Å²) in [5, 5.41) is 15.7. The van der Waals surface area contributed by atoms with Gasteiger partial charge >= 0.3 is 5.97 Å². The van der Waals surface area contributed by atoms with Crippen molar-refractivity contribution >= 4 is 29.6 Å². The maximum atomic E-state index is 12.3. The molecule has 1 saturated heterocycles. The number of likely N-dealkylation sites (tertiary alicyclic amines) is 1. The summed E-state index contributed by atoms with van der Waals surface area (Å²) in [6.07, 6.45) is 2.95. The maximum Gasteiger partial charge on any atom is 0.322 e. The van der Waals surface area contributed by atoms with Crippen molar-refractivity contribution in [2.24, 2.45) is 11.5 Å². The minimum absolute atomic E-state index is 0.320. The topological polar surface area (TPSA) is 197 Å². The van der Waals surface area contributed by atoms with Crippen molar-refractivity contribution in [3.63, 3.8) is 0 Å². The predicted molar refractivity (Wildman–Crippen MR) is 102 cm³/mol. The molecule has 0 aromatic carbocycles. The molecular formula is C17H30N6O6. The summed E-state index contributed by atoms with van der Waals surface area (Å²) in [6, 6.07) is -1.49. The molecule has 0 aromatic rings. The van der Waals surface area contributed by atoms with Gasteiger partial charge in [0.2, 0.25) is 23.6 Å². The normalized spacial score (nSPS) is 16.8. The number of carbonyl (C=O) groups excluding carboxylic acids is 4. The van der Waals surface area contributed by atoms with E-state index in [9.17, 15) is 24.0 Å². The smallest absolute Gasteiger partial charge is 0.322 e. The summed E-state index contributed by atoms with van der Waals surface area (Å²) in [4.78, 5) is 59.8. The Bertz CT molecular complexity index is 613. The SMILES string of the molecule is NCCCC[C@H](N)C(=O)NCC(=O)NCC(=O)N1CCC[C@H]1C(=O)NCC(=O)O. The van der Waals surface area contributed by atoms with Gasteiger partial charge in [-0.3, -0.25) is 24.0 Å². The van der Waals surface area contributed by atoms with E-state index >= 15 is 0 Å². The highest BCUT2D eigenvalue weighted by Gasteiger charge is 2.34. The van der Waals surface area contributed by atoms with E-state index in [0.29, 0.717) is 38.8 Å². The summed E-state index contributed by atoms with van der Waals surface area (Å²) in [5.41, 5.74) is 11.1. The van der Waals surface area contributed by atoms with Crippen LogP contribution in [-0.2, 0) is 24.0 Å². The van der Waals surface area contributed by atoms with Crippen LogP contribution in [0.4, 0.5) is 0 Å². The van der Waals surface area contributed by atoms with Crippen LogP contribution >= 0.6 is 0 Å². The van der Waals surface area contributed by atoms with Gasteiger partial charge in [0, 0.05) is 6.54 Å². The minimum Gasteiger partial charge on any atom is -0.480 e. The molecular weight excluding hydrogens is 384 g/mol. The molecule has 0 bridgehead atoms. The number of carboxylic acids is 1. The first-order chi connectivity index (χ1) is 13.8. The number of aliphatic carboxylic acids is 1. The number of carbonyl (C=O) groups is 5. The molecule has 164 valence electrons. The van der Waals surface area contributed by atoms with Crippen molar-refractivity contribution in [1.82, 2.24) is 20.9 Å². The number of unbranched alkanes of at least 4 members (excludes halogenated alkanes) is 1. The zero-order valence-electron chi connectivity index (χ0n) is 16.3. The van der Waals surface area contributed by atoms with Crippen LogP contribution in [0.25, 0.3) is 0 Å². The number of amides is 4. The fourth-order valence-electron chi connectivity index (χ4n) is 2.89. The molecule has 0 unspecified atom stereocenters. The van der Waals surface area contributed by atoms with E-state index in [1.807, 2.05) is 0 Å². The van der Waals surface area contributed by atoms with E-state index in [0.717, 1.165) is 6.42 Å². The lowest BCUT2D eigenvalue weighted by Gasteiger charge is -2.23. The lowest BCUT2D eigenvalue weighted by Crippen LogP contribution is -2.50. The Morgan fingerprint density at radius 3 is 2.41 bits per heavy atom. The Hall–Kier alpha value is -2.73. The van der Waals surface area contributed by atoms with Crippen LogP contribution in [0.2, 0.25) is 0 Å². The molecule has 8 N–H and O–H groups in total. The lowest BCUT2D eigenvalue weighted by molar-refractivity contribution is -0.141. The molecule has 0 radical (unpaired) electrons. The van der Waals surface area contributed by atoms with Crippen LogP contribution in [0.1, 0.15) is 32.1 Å². The molecule has 0 spiro atoms. The van der Waals surface area contributed by atoms with Crippen molar-refractivity contribution in [3.8, 4) is 0 Å². The molecule has 2 atom stereocenters. The van der Waals surface area contributed by atoms with Crippen molar-refractivity contribution in [2.45, 2.75) is 44.2 Å². The van der Waals surface area contributed by atoms with Gasteiger partial charge in [0.15, 0.2) is 0 Å². The van der Waals surface area contributed by atoms with E-state index in [1.54, 1.807) is 0 Å². The second-order valence-electron chi connectivity index (χ2n) is 6.74. The molecule has 12 heteroatoms. The molecule has 1 fully saturated rings. The van der Waals surface area contributed by atoms with Gasteiger partial charge in [0.1, 0.15) is 12.6 Å². The number of hydrogen-bond donors (Lipinski definition) is 6. The van der Waals surface area contributed by atoms with Gasteiger partial charge in [-0.05, 0) is 32.2 Å². The minimum atomic E-state index is -1.18. The van der Waals surface area contributed by atoms with Gasteiger partial charge in [0.05, 0.1) is 19.1 Å². The summed E-state index contributed by atoms with van der Waals surface area (Å²) in [6.45, 7) is -0.320. The monoisotopic (exact) mass is 414 g/mol. The molecule has 1 heterocycles. The summed E-state index contributed by atoms with van der Waals surface area (Å²) >= 11 is 0. The number of nitrogens with zero attached hydrogens (tertiary/aromatic N) is 1. The van der Waals surface area contributed by atoms with Crippen LogP contribution < -0.4 is 27.4 Å². The standard InChI is InChI=1S/C17H30N6O6/c18-6-2-1-4-11(19)16(28)21-8-13(24)20-9-14(25)23-7-3-5-12(23)17(29)22-10-15(26)27/h11-12H,1-10,18-19H2,(H,20,24)(H,21,28)(H,22,29)(H,26,27)/t11-,12-/m0/s1. The fraction of sp³-hybridized carbons (Fsp3) is 0.706. The number of rotatable bonds is 12. The van der Waals surface area contributed by atoms with Gasteiger partial charge in [-0.2, -0.15) is 0 Å². The Balaban J connectivity index is 2.35. The van der Waals surface area contributed by atoms with E-state index in [1.165, 1.54) is 4.90 Å². The Morgan fingerprint density at radius 1 is 1.03 bits per heavy atom. The number of carboxylic acid groups (broad SMARTS) is 1. The van der Waals surface area contributed by atoms with Crippen molar-refractivity contribution in [1.29, 1.82) is 0 Å². The first-order valence-corrected chi connectivity index (χ1v) is 9.55. The first-order valence-electron chi connectivity index (χ1n) is 9.55. The quantitative estimate of drug-likeness (QED) is 0.180. The second kappa shape index (κ2) is 12.7.